The van der Waals surface area contributed by atoms with E-state index in [0.29, 0.717) is 18.7 Å². The number of nitrogens with two attached hydrogens (primary N) is 1. The van der Waals surface area contributed by atoms with Crippen LogP contribution in [0.15, 0.2) is 18.2 Å². The van der Waals surface area contributed by atoms with Gasteiger partial charge in [-0.3, -0.25) is 4.79 Å². The summed E-state index contributed by atoms with van der Waals surface area (Å²) < 4.78 is 13.0. The van der Waals surface area contributed by atoms with Crippen LogP contribution in [-0.4, -0.2) is 19.0 Å². The molecular weight excluding hydrogens is 243 g/mol. The lowest BCUT2D eigenvalue weighted by Crippen LogP contribution is -2.42. The zero-order chi connectivity index (χ0) is 13.1. The number of hydrogen-bond acceptors (Lipinski definition) is 2. The molecule has 1 amide bonds. The highest BCUT2D eigenvalue weighted by Crippen LogP contribution is 2.27. The van der Waals surface area contributed by atoms with Gasteiger partial charge in [0.15, 0.2) is 0 Å². The van der Waals surface area contributed by atoms with Crippen LogP contribution >= 0.6 is 11.6 Å². The van der Waals surface area contributed by atoms with Gasteiger partial charge in [0, 0.05) is 13.1 Å². The number of amides is 1. The Balaban J connectivity index is 2.95. The third-order valence-electron chi connectivity index (χ3n) is 2.64. The SMILES string of the molecule is CC(C)(C(=O)NCCN)c1ccc(F)c(Cl)c1. The summed E-state index contributed by atoms with van der Waals surface area (Å²) in [5.41, 5.74) is 5.21. The van der Waals surface area contributed by atoms with Crippen molar-refractivity contribution in [3.63, 3.8) is 0 Å². The van der Waals surface area contributed by atoms with Crippen molar-refractivity contribution in [2.75, 3.05) is 13.1 Å². The van der Waals surface area contributed by atoms with Crippen molar-refractivity contribution >= 4 is 17.5 Å². The Hall–Kier alpha value is -1.13. The Bertz CT molecular complexity index is 421. The molecule has 1 aromatic rings. The summed E-state index contributed by atoms with van der Waals surface area (Å²) in [6.45, 7) is 4.30. The lowest BCUT2D eigenvalue weighted by atomic mass is 9.83. The van der Waals surface area contributed by atoms with E-state index in [1.807, 2.05) is 0 Å². The van der Waals surface area contributed by atoms with Gasteiger partial charge >= 0.3 is 0 Å². The zero-order valence-corrected chi connectivity index (χ0v) is 10.6. The predicted octanol–water partition coefficient (Wildman–Crippen LogP) is 1.83. The predicted molar refractivity (Wildman–Crippen MR) is 66.5 cm³/mol. The number of rotatable bonds is 4. The Morgan fingerprint density at radius 3 is 2.71 bits per heavy atom. The van der Waals surface area contributed by atoms with Gasteiger partial charge in [0.05, 0.1) is 10.4 Å². The fourth-order valence-corrected chi connectivity index (χ4v) is 1.60. The second-order valence-electron chi connectivity index (χ2n) is 4.30. The van der Waals surface area contributed by atoms with Crippen LogP contribution in [0, 0.1) is 5.82 Å². The van der Waals surface area contributed by atoms with Crippen LogP contribution < -0.4 is 11.1 Å². The number of nitrogens with one attached hydrogen (secondary N) is 1. The van der Waals surface area contributed by atoms with Gasteiger partial charge in [-0.1, -0.05) is 17.7 Å². The molecule has 0 atom stereocenters. The van der Waals surface area contributed by atoms with E-state index in [4.69, 9.17) is 17.3 Å². The number of carbonyl (C=O) groups excluding carboxylic acids is 1. The molecule has 0 heterocycles. The molecule has 0 unspecified atom stereocenters. The highest BCUT2D eigenvalue weighted by molar-refractivity contribution is 6.30. The van der Waals surface area contributed by atoms with E-state index < -0.39 is 11.2 Å². The summed E-state index contributed by atoms with van der Waals surface area (Å²) in [5, 5.41) is 2.72. The largest absolute Gasteiger partial charge is 0.354 e. The average Bonchev–Trinajstić information content (AvgIpc) is 2.29. The van der Waals surface area contributed by atoms with Gasteiger partial charge in [-0.05, 0) is 31.5 Å². The summed E-state index contributed by atoms with van der Waals surface area (Å²) in [6, 6.07) is 4.29. The summed E-state index contributed by atoms with van der Waals surface area (Å²) in [4.78, 5) is 11.9. The van der Waals surface area contributed by atoms with Crippen LogP contribution in [0.4, 0.5) is 4.39 Å². The molecule has 1 aromatic carbocycles. The molecule has 0 bridgehead atoms. The van der Waals surface area contributed by atoms with Gasteiger partial charge in [0.2, 0.25) is 5.91 Å². The van der Waals surface area contributed by atoms with Crippen LogP contribution in [0.5, 0.6) is 0 Å². The molecule has 0 spiro atoms. The molecule has 1 rings (SSSR count). The molecule has 0 radical (unpaired) electrons. The maximum absolute atomic E-state index is 13.0. The number of carbonyl (C=O) groups is 1. The van der Waals surface area contributed by atoms with Crippen molar-refractivity contribution in [2.24, 2.45) is 5.73 Å². The van der Waals surface area contributed by atoms with Gasteiger partial charge in [-0.2, -0.15) is 0 Å². The fourth-order valence-electron chi connectivity index (χ4n) is 1.42. The maximum Gasteiger partial charge on any atom is 0.230 e. The topological polar surface area (TPSA) is 55.1 Å². The van der Waals surface area contributed by atoms with E-state index in [0.717, 1.165) is 0 Å². The fraction of sp³-hybridized carbons (Fsp3) is 0.417. The Morgan fingerprint density at radius 2 is 2.18 bits per heavy atom. The number of hydrogen-bond donors (Lipinski definition) is 2. The molecule has 3 N–H and O–H groups in total. The lowest BCUT2D eigenvalue weighted by molar-refractivity contribution is -0.125. The van der Waals surface area contributed by atoms with E-state index in [2.05, 4.69) is 5.32 Å². The van der Waals surface area contributed by atoms with Gasteiger partial charge in [-0.15, -0.1) is 0 Å². The summed E-state index contributed by atoms with van der Waals surface area (Å²) in [6.07, 6.45) is 0. The van der Waals surface area contributed by atoms with E-state index in [9.17, 15) is 9.18 Å². The van der Waals surface area contributed by atoms with Gasteiger partial charge in [0.25, 0.3) is 0 Å². The highest BCUT2D eigenvalue weighted by atomic mass is 35.5. The van der Waals surface area contributed by atoms with Crippen molar-refractivity contribution in [1.82, 2.24) is 5.32 Å². The normalized spacial score (nSPS) is 11.4. The van der Waals surface area contributed by atoms with Crippen LogP contribution in [0.3, 0.4) is 0 Å². The summed E-state index contributed by atoms with van der Waals surface area (Å²) in [5.74, 6) is -0.654. The third kappa shape index (κ3) is 3.17. The average molecular weight is 259 g/mol. The zero-order valence-electron chi connectivity index (χ0n) is 9.89. The first-order chi connectivity index (χ1) is 7.89. The van der Waals surface area contributed by atoms with Crippen LogP contribution in [0.25, 0.3) is 0 Å². The maximum atomic E-state index is 13.0. The second-order valence-corrected chi connectivity index (χ2v) is 4.71. The standard InChI is InChI=1S/C12H16ClFN2O/c1-12(2,11(17)16-6-5-15)8-3-4-10(14)9(13)7-8/h3-4,7H,5-6,15H2,1-2H3,(H,16,17). The molecule has 17 heavy (non-hydrogen) atoms. The second kappa shape index (κ2) is 5.47. The lowest BCUT2D eigenvalue weighted by Gasteiger charge is -2.24. The van der Waals surface area contributed by atoms with Gasteiger partial charge in [-0.25, -0.2) is 4.39 Å². The molecule has 5 heteroatoms. The number of benzene rings is 1. The molecule has 0 aliphatic rings. The molecule has 0 fully saturated rings. The summed E-state index contributed by atoms with van der Waals surface area (Å²) >= 11 is 5.70. The molecular formula is C12H16ClFN2O. The number of halogens is 2. The molecule has 0 aliphatic heterocycles. The van der Waals surface area contributed by atoms with Crippen molar-refractivity contribution < 1.29 is 9.18 Å². The van der Waals surface area contributed by atoms with Crippen molar-refractivity contribution in [1.29, 1.82) is 0 Å². The van der Waals surface area contributed by atoms with E-state index >= 15 is 0 Å². The minimum Gasteiger partial charge on any atom is -0.354 e. The first kappa shape index (κ1) is 13.9. The van der Waals surface area contributed by atoms with Crippen molar-refractivity contribution in [2.45, 2.75) is 19.3 Å². The summed E-state index contributed by atoms with van der Waals surface area (Å²) in [7, 11) is 0. The molecule has 3 nitrogen and oxygen atoms in total. The molecule has 0 saturated heterocycles. The van der Waals surface area contributed by atoms with Gasteiger partial charge in [0.1, 0.15) is 5.82 Å². The van der Waals surface area contributed by atoms with Crippen molar-refractivity contribution in [3.05, 3.63) is 34.6 Å². The Morgan fingerprint density at radius 1 is 1.53 bits per heavy atom. The van der Waals surface area contributed by atoms with E-state index in [1.165, 1.54) is 12.1 Å². The molecule has 94 valence electrons. The van der Waals surface area contributed by atoms with Gasteiger partial charge < -0.3 is 11.1 Å². The van der Waals surface area contributed by atoms with E-state index in [-0.39, 0.29) is 10.9 Å². The quantitative estimate of drug-likeness (QED) is 0.866. The van der Waals surface area contributed by atoms with Crippen LogP contribution in [0.1, 0.15) is 19.4 Å². The smallest absolute Gasteiger partial charge is 0.230 e. The van der Waals surface area contributed by atoms with Crippen LogP contribution in [-0.2, 0) is 10.2 Å². The van der Waals surface area contributed by atoms with Crippen LogP contribution in [0.2, 0.25) is 5.02 Å². The minimum absolute atomic E-state index is 0.0159. The Labute approximate surface area is 105 Å². The molecule has 0 aliphatic carbocycles. The highest BCUT2D eigenvalue weighted by Gasteiger charge is 2.29. The van der Waals surface area contributed by atoms with Crippen molar-refractivity contribution in [3.8, 4) is 0 Å². The Kier molecular flexibility index (Phi) is 4.48. The molecule has 0 saturated carbocycles. The monoisotopic (exact) mass is 258 g/mol. The third-order valence-corrected chi connectivity index (χ3v) is 2.93. The minimum atomic E-state index is -0.771. The van der Waals surface area contributed by atoms with E-state index in [1.54, 1.807) is 19.9 Å². The first-order valence-corrected chi connectivity index (χ1v) is 5.71. The molecule has 0 aromatic heterocycles. The first-order valence-electron chi connectivity index (χ1n) is 5.33.